The van der Waals surface area contributed by atoms with E-state index in [-0.39, 0.29) is 12.4 Å². The van der Waals surface area contributed by atoms with E-state index < -0.39 is 6.55 Å². The molecule has 23 heavy (non-hydrogen) atoms. The zero-order valence-corrected chi connectivity index (χ0v) is 14.4. The van der Waals surface area contributed by atoms with Gasteiger partial charge in [0.2, 0.25) is 0 Å². The van der Waals surface area contributed by atoms with Gasteiger partial charge in [0.1, 0.15) is 5.82 Å². The average molecular weight is 329 g/mol. The molecule has 0 fully saturated rings. The highest BCUT2D eigenvalue weighted by molar-refractivity contribution is 5.79. The van der Waals surface area contributed by atoms with Gasteiger partial charge in [-0.25, -0.2) is 4.98 Å². The Labute approximate surface area is 137 Å². The highest BCUT2D eigenvalue weighted by Crippen LogP contribution is 2.12. The first-order chi connectivity index (χ1) is 11.0. The lowest BCUT2D eigenvalue weighted by Crippen LogP contribution is -2.37. The minimum Gasteiger partial charge on any atom is -0.356 e. The Morgan fingerprint density at radius 1 is 1.22 bits per heavy atom. The Kier molecular flexibility index (Phi) is 9.24. The summed E-state index contributed by atoms with van der Waals surface area (Å²) >= 11 is 0. The summed E-state index contributed by atoms with van der Waals surface area (Å²) in [5.74, 6) is 1.67. The number of aromatic nitrogens is 2. The van der Waals surface area contributed by atoms with E-state index in [9.17, 15) is 8.78 Å². The van der Waals surface area contributed by atoms with Crippen LogP contribution in [0.15, 0.2) is 17.4 Å². The molecule has 0 saturated heterocycles. The molecule has 0 aliphatic rings. The maximum absolute atomic E-state index is 12.7. The molecular weight excluding hydrogens is 300 g/mol. The normalized spacial score (nSPS) is 12.2. The molecule has 1 heterocycles. The Balaban J connectivity index is 2.19. The van der Waals surface area contributed by atoms with Crippen molar-refractivity contribution in [1.29, 1.82) is 0 Å². The summed E-state index contributed by atoms with van der Waals surface area (Å²) in [4.78, 5) is 8.01. The van der Waals surface area contributed by atoms with Crippen molar-refractivity contribution in [2.45, 2.75) is 59.0 Å². The topological polar surface area (TPSA) is 54.2 Å². The van der Waals surface area contributed by atoms with Crippen LogP contribution in [-0.4, -0.2) is 29.1 Å². The lowest BCUT2D eigenvalue weighted by molar-refractivity contribution is 0.0668. The van der Waals surface area contributed by atoms with Gasteiger partial charge in [0.25, 0.3) is 0 Å². The molecule has 0 radical (unpaired) electrons. The third-order valence-electron chi connectivity index (χ3n) is 3.60. The van der Waals surface area contributed by atoms with Gasteiger partial charge < -0.3 is 10.6 Å². The second-order valence-electron chi connectivity index (χ2n) is 5.98. The number of nitrogens with one attached hydrogen (secondary N) is 2. The minimum atomic E-state index is -2.57. The summed E-state index contributed by atoms with van der Waals surface area (Å²) in [5.41, 5.74) is 0. The van der Waals surface area contributed by atoms with Crippen molar-refractivity contribution in [3.8, 4) is 0 Å². The second kappa shape index (κ2) is 11.0. The molecule has 0 atom stereocenters. The van der Waals surface area contributed by atoms with Crippen LogP contribution < -0.4 is 10.6 Å². The van der Waals surface area contributed by atoms with E-state index in [1.54, 1.807) is 7.05 Å². The number of aliphatic imine (C=N–C) groups is 1. The van der Waals surface area contributed by atoms with E-state index in [1.165, 1.54) is 38.1 Å². The molecule has 7 heteroatoms. The third-order valence-corrected chi connectivity index (χ3v) is 3.60. The number of halogens is 2. The molecule has 1 rings (SSSR count). The number of hydrogen-bond donors (Lipinski definition) is 2. The lowest BCUT2D eigenvalue weighted by atomic mass is 10.0. The number of guanidine groups is 1. The van der Waals surface area contributed by atoms with Gasteiger partial charge in [-0.05, 0) is 12.3 Å². The number of nitrogens with zero attached hydrogens (tertiary/aromatic N) is 3. The van der Waals surface area contributed by atoms with Crippen LogP contribution in [0.1, 0.15) is 58.3 Å². The van der Waals surface area contributed by atoms with Crippen molar-refractivity contribution in [3.63, 3.8) is 0 Å². The lowest BCUT2D eigenvalue weighted by Gasteiger charge is -2.12. The Hall–Kier alpha value is -1.66. The Morgan fingerprint density at radius 3 is 2.61 bits per heavy atom. The van der Waals surface area contributed by atoms with Gasteiger partial charge in [-0.1, -0.05) is 39.5 Å². The van der Waals surface area contributed by atoms with Crippen molar-refractivity contribution < 1.29 is 8.78 Å². The number of unbranched alkanes of at least 4 members (excludes halogenated alkanes) is 3. The van der Waals surface area contributed by atoms with Crippen LogP contribution in [0.25, 0.3) is 0 Å². The van der Waals surface area contributed by atoms with Crippen LogP contribution in [0.3, 0.4) is 0 Å². The van der Waals surface area contributed by atoms with E-state index in [1.807, 2.05) is 0 Å². The Bertz CT molecular complexity index is 457. The van der Waals surface area contributed by atoms with Gasteiger partial charge in [0.05, 0.1) is 6.54 Å². The molecule has 0 bridgehead atoms. The predicted molar refractivity (Wildman–Crippen MR) is 89.6 cm³/mol. The average Bonchev–Trinajstić information content (AvgIpc) is 2.97. The number of imidazole rings is 1. The first-order valence-corrected chi connectivity index (χ1v) is 8.29. The van der Waals surface area contributed by atoms with Gasteiger partial charge in [-0.2, -0.15) is 8.78 Å². The highest BCUT2D eigenvalue weighted by Gasteiger charge is 2.11. The summed E-state index contributed by atoms with van der Waals surface area (Å²) in [6.07, 6.45) is 8.72. The summed E-state index contributed by atoms with van der Waals surface area (Å²) < 4.78 is 26.3. The fraction of sp³-hybridized carbons (Fsp3) is 0.750. The van der Waals surface area contributed by atoms with Crippen molar-refractivity contribution in [3.05, 3.63) is 18.2 Å². The predicted octanol–water partition coefficient (Wildman–Crippen LogP) is 3.55. The SMILES string of the molecule is CN=C(NCCCCCCC(C)C)NCc1nccn1C(F)F. The molecule has 1 aromatic heterocycles. The number of rotatable bonds is 10. The van der Waals surface area contributed by atoms with E-state index in [0.29, 0.717) is 5.96 Å². The van der Waals surface area contributed by atoms with Crippen LogP contribution in [0.5, 0.6) is 0 Å². The largest absolute Gasteiger partial charge is 0.356 e. The maximum Gasteiger partial charge on any atom is 0.319 e. The van der Waals surface area contributed by atoms with Crippen LogP contribution in [0, 0.1) is 5.92 Å². The molecule has 0 aliphatic heterocycles. The monoisotopic (exact) mass is 329 g/mol. The molecular formula is C16H29F2N5. The molecule has 5 nitrogen and oxygen atoms in total. The van der Waals surface area contributed by atoms with Gasteiger partial charge in [0.15, 0.2) is 5.96 Å². The van der Waals surface area contributed by atoms with Crippen LogP contribution >= 0.6 is 0 Å². The second-order valence-corrected chi connectivity index (χ2v) is 5.98. The molecule has 0 aliphatic carbocycles. The van der Waals surface area contributed by atoms with Crippen LogP contribution in [0.2, 0.25) is 0 Å². The molecule has 0 unspecified atom stereocenters. The molecule has 0 amide bonds. The first-order valence-electron chi connectivity index (χ1n) is 8.29. The zero-order chi connectivity index (χ0) is 17.1. The highest BCUT2D eigenvalue weighted by atomic mass is 19.3. The van der Waals surface area contributed by atoms with Crippen LogP contribution in [0.4, 0.5) is 8.78 Å². The molecule has 0 spiro atoms. The van der Waals surface area contributed by atoms with E-state index in [0.717, 1.165) is 23.5 Å². The molecule has 0 aromatic carbocycles. The smallest absolute Gasteiger partial charge is 0.319 e. The first kappa shape index (κ1) is 19.4. The van der Waals surface area contributed by atoms with Gasteiger partial charge in [-0.3, -0.25) is 9.56 Å². The zero-order valence-electron chi connectivity index (χ0n) is 14.4. The van der Waals surface area contributed by atoms with Gasteiger partial charge >= 0.3 is 6.55 Å². The van der Waals surface area contributed by atoms with Gasteiger partial charge in [-0.15, -0.1) is 0 Å². The number of hydrogen-bond acceptors (Lipinski definition) is 2. The van der Waals surface area contributed by atoms with Gasteiger partial charge in [0, 0.05) is 26.0 Å². The van der Waals surface area contributed by atoms with Crippen molar-refractivity contribution in [1.82, 2.24) is 20.2 Å². The standard InChI is InChI=1S/C16H29F2N5/c1-13(2)8-6-4-5-7-9-21-16(19-3)22-12-14-20-10-11-23(14)15(17)18/h10-11,13,15H,4-9,12H2,1-3H3,(H2,19,21,22). The maximum atomic E-state index is 12.7. The summed E-state index contributed by atoms with van der Waals surface area (Å²) in [6, 6.07) is 0. The number of alkyl halides is 2. The minimum absolute atomic E-state index is 0.214. The van der Waals surface area contributed by atoms with E-state index in [2.05, 4.69) is 34.5 Å². The summed E-state index contributed by atoms with van der Waals surface area (Å²) in [7, 11) is 1.66. The molecule has 2 N–H and O–H groups in total. The quantitative estimate of drug-likeness (QED) is 0.392. The fourth-order valence-electron chi connectivity index (χ4n) is 2.28. The summed E-state index contributed by atoms with van der Waals surface area (Å²) in [5, 5.41) is 6.20. The van der Waals surface area contributed by atoms with Crippen molar-refractivity contribution in [2.24, 2.45) is 10.9 Å². The molecule has 1 aromatic rings. The Morgan fingerprint density at radius 2 is 1.96 bits per heavy atom. The van der Waals surface area contributed by atoms with Crippen molar-refractivity contribution in [2.75, 3.05) is 13.6 Å². The fourth-order valence-corrected chi connectivity index (χ4v) is 2.28. The van der Waals surface area contributed by atoms with Crippen molar-refractivity contribution >= 4 is 5.96 Å². The molecule has 132 valence electrons. The van der Waals surface area contributed by atoms with E-state index >= 15 is 0 Å². The van der Waals surface area contributed by atoms with E-state index in [4.69, 9.17) is 0 Å². The van der Waals surface area contributed by atoms with Crippen LogP contribution in [-0.2, 0) is 6.54 Å². The molecule has 0 saturated carbocycles. The third kappa shape index (κ3) is 7.95. The summed E-state index contributed by atoms with van der Waals surface area (Å²) in [6.45, 7) is 2.96.